The maximum absolute atomic E-state index is 17.7. The van der Waals surface area contributed by atoms with Crippen LogP contribution in [0.2, 0.25) is 0 Å². The van der Waals surface area contributed by atoms with Crippen LogP contribution in [-0.4, -0.2) is 0 Å². The lowest BCUT2D eigenvalue weighted by atomic mass is 9.95. The van der Waals surface area contributed by atoms with Crippen molar-refractivity contribution in [1.82, 2.24) is 0 Å². The van der Waals surface area contributed by atoms with Crippen LogP contribution in [0, 0.1) is 25.5 Å². The Balaban J connectivity index is 1.02. The topological polar surface area (TPSA) is 19.6 Å². The van der Waals surface area contributed by atoms with E-state index < -0.39 is 0 Å². The molecule has 0 aliphatic rings. The molecule has 0 saturated carbocycles. The van der Waals surface area contributed by atoms with Crippen LogP contribution in [0.25, 0.3) is 88.0 Å². The van der Waals surface area contributed by atoms with E-state index in [4.69, 9.17) is 4.42 Å². The quantitative estimate of drug-likeness (QED) is 0.127. The fraction of sp³-hybridized carbons (Fsp3) is 0.0286. The van der Waals surface area contributed by atoms with Crippen LogP contribution >= 0.6 is 0 Å². The molecule has 1 aromatic heterocycles. The second kappa shape index (κ2) is 18.8. The Labute approximate surface area is 434 Å². The third-order valence-electron chi connectivity index (χ3n) is 14.5. The Bertz CT molecular complexity index is 4250. The molecule has 0 aliphatic carbocycles. The summed E-state index contributed by atoms with van der Waals surface area (Å²) in [4.78, 5) is 4.03. The second-order valence-electron chi connectivity index (χ2n) is 19.3. The van der Waals surface area contributed by atoms with Crippen LogP contribution in [-0.2, 0) is 0 Å². The van der Waals surface area contributed by atoms with E-state index in [-0.39, 0.29) is 11.6 Å². The molecule has 0 bridgehead atoms. The van der Waals surface area contributed by atoms with E-state index in [1.165, 1.54) is 0 Å². The Kier molecular flexibility index (Phi) is 11.3. The first-order valence-corrected chi connectivity index (χ1v) is 25.3. The smallest absolute Gasteiger partial charge is 0.155 e. The molecule has 0 saturated heterocycles. The van der Waals surface area contributed by atoms with Gasteiger partial charge in [0.05, 0.1) is 11.4 Å². The molecule has 12 aromatic carbocycles. The molecule has 0 atom stereocenters. The molecule has 0 unspecified atom stereocenters. The van der Waals surface area contributed by atoms with Crippen molar-refractivity contribution >= 4 is 77.6 Å². The lowest BCUT2D eigenvalue weighted by Gasteiger charge is -2.28. The van der Waals surface area contributed by atoms with Gasteiger partial charge in [-0.15, -0.1) is 0 Å². The summed E-state index contributed by atoms with van der Waals surface area (Å²) in [5, 5.41) is 5.88. The van der Waals surface area contributed by atoms with Gasteiger partial charge in [-0.25, -0.2) is 8.78 Å². The summed E-state index contributed by atoms with van der Waals surface area (Å²) in [6, 6.07) is 85.0. The summed E-state index contributed by atoms with van der Waals surface area (Å²) in [6.07, 6.45) is 0. The number of anilines is 6. The Hall–Kier alpha value is -9.58. The van der Waals surface area contributed by atoms with Gasteiger partial charge in [0.1, 0.15) is 11.2 Å². The zero-order valence-electron chi connectivity index (χ0n) is 41.3. The fourth-order valence-corrected chi connectivity index (χ4v) is 10.7. The van der Waals surface area contributed by atoms with Gasteiger partial charge in [-0.1, -0.05) is 181 Å². The lowest BCUT2D eigenvalue weighted by molar-refractivity contribution is 0.632. The predicted molar refractivity (Wildman–Crippen MR) is 309 cm³/mol. The van der Waals surface area contributed by atoms with E-state index in [0.717, 1.165) is 105 Å². The van der Waals surface area contributed by atoms with Gasteiger partial charge in [-0.05, 0) is 142 Å². The third-order valence-corrected chi connectivity index (χ3v) is 14.5. The van der Waals surface area contributed by atoms with E-state index in [1.54, 1.807) is 0 Å². The van der Waals surface area contributed by atoms with E-state index in [1.807, 2.05) is 149 Å². The largest absolute Gasteiger partial charge is 0.455 e. The van der Waals surface area contributed by atoms with Crippen LogP contribution in [0.1, 0.15) is 11.1 Å². The Morgan fingerprint density at radius 2 is 0.707 bits per heavy atom. The van der Waals surface area contributed by atoms with E-state index in [2.05, 4.69) is 129 Å². The molecule has 0 N–H and O–H groups in total. The number of fused-ring (bicyclic) bond motifs is 8. The molecule has 0 radical (unpaired) electrons. The van der Waals surface area contributed by atoms with E-state index in [9.17, 15) is 0 Å². The molecule has 5 heteroatoms. The predicted octanol–water partition coefficient (Wildman–Crippen LogP) is 20.4. The van der Waals surface area contributed by atoms with Gasteiger partial charge in [-0.3, -0.25) is 0 Å². The first kappa shape index (κ1) is 45.3. The van der Waals surface area contributed by atoms with Gasteiger partial charge in [0, 0.05) is 56.1 Å². The number of nitrogens with zero attached hydrogens (tertiary/aromatic N) is 2. The molecule has 0 spiro atoms. The maximum atomic E-state index is 17.7. The van der Waals surface area contributed by atoms with Gasteiger partial charge in [0.2, 0.25) is 0 Å². The molecule has 75 heavy (non-hydrogen) atoms. The highest BCUT2D eigenvalue weighted by Crippen LogP contribution is 2.48. The van der Waals surface area contributed by atoms with Crippen molar-refractivity contribution in [2.75, 3.05) is 9.80 Å². The normalized spacial score (nSPS) is 11.5. The molecule has 13 rings (SSSR count). The zero-order valence-corrected chi connectivity index (χ0v) is 41.3. The van der Waals surface area contributed by atoms with Crippen molar-refractivity contribution in [1.29, 1.82) is 0 Å². The van der Waals surface area contributed by atoms with Crippen molar-refractivity contribution in [3.05, 3.63) is 278 Å². The minimum absolute atomic E-state index is 0.322. The molecule has 3 nitrogen and oxygen atoms in total. The van der Waals surface area contributed by atoms with Gasteiger partial charge in [-0.2, -0.15) is 0 Å². The number of aryl methyl sites for hydroxylation is 2. The van der Waals surface area contributed by atoms with Crippen LogP contribution in [0.15, 0.2) is 259 Å². The van der Waals surface area contributed by atoms with Gasteiger partial charge >= 0.3 is 0 Å². The second-order valence-corrected chi connectivity index (χ2v) is 19.3. The number of furan rings is 1. The summed E-state index contributed by atoms with van der Waals surface area (Å²) in [6.45, 7) is 4.12. The maximum Gasteiger partial charge on any atom is 0.155 e. The molecular formula is C70H48F2N2O. The third kappa shape index (κ3) is 8.16. The van der Waals surface area contributed by atoms with E-state index in [0.29, 0.717) is 28.1 Å². The highest BCUT2D eigenvalue weighted by Gasteiger charge is 2.26. The summed E-state index contributed by atoms with van der Waals surface area (Å²) in [7, 11) is 0. The highest BCUT2D eigenvalue weighted by molar-refractivity contribution is 6.30. The average molecular weight is 971 g/mol. The van der Waals surface area contributed by atoms with Crippen molar-refractivity contribution < 1.29 is 13.2 Å². The van der Waals surface area contributed by atoms with Crippen LogP contribution in [0.4, 0.5) is 42.9 Å². The van der Waals surface area contributed by atoms with Crippen LogP contribution in [0.5, 0.6) is 0 Å². The number of rotatable bonds is 10. The average Bonchev–Trinajstić information content (AvgIpc) is 3.87. The summed E-state index contributed by atoms with van der Waals surface area (Å²) in [5.41, 5.74) is 14.0. The van der Waals surface area contributed by atoms with Gasteiger partial charge < -0.3 is 14.2 Å². The zero-order chi connectivity index (χ0) is 50.6. The first-order chi connectivity index (χ1) is 36.8. The molecular weight excluding hydrogens is 923 g/mol. The summed E-state index contributed by atoms with van der Waals surface area (Å²) >= 11 is 0. The first-order valence-electron chi connectivity index (χ1n) is 25.3. The van der Waals surface area contributed by atoms with Crippen molar-refractivity contribution in [2.45, 2.75) is 13.8 Å². The van der Waals surface area contributed by atoms with E-state index >= 15 is 8.78 Å². The lowest BCUT2D eigenvalue weighted by Crippen LogP contribution is -2.12. The summed E-state index contributed by atoms with van der Waals surface area (Å²) in [5.74, 6) is -0.654. The number of hydrogen-bond donors (Lipinski definition) is 0. The molecule has 0 fully saturated rings. The Morgan fingerprint density at radius 3 is 1.19 bits per heavy atom. The molecule has 0 amide bonds. The minimum Gasteiger partial charge on any atom is -0.455 e. The molecule has 0 aliphatic heterocycles. The molecule has 13 aromatic rings. The summed E-state index contributed by atoms with van der Waals surface area (Å²) < 4.78 is 42.5. The number of hydrogen-bond acceptors (Lipinski definition) is 3. The highest BCUT2D eigenvalue weighted by atomic mass is 19.1. The van der Waals surface area contributed by atoms with Crippen LogP contribution in [0.3, 0.4) is 0 Å². The molecule has 358 valence electrons. The van der Waals surface area contributed by atoms with Gasteiger partial charge in [0.25, 0.3) is 0 Å². The number of halogens is 2. The SMILES string of the molecule is Cc1ccc(N(c2ccc3c(c2)oc2c4ccc(N(c5ccc(C)cc5)c5cc(-c6ccccc6)cc(-c6ccccc6)c5F)cc4c4ccccc4c32)c2cc(-c3ccccc3)cc(-c3ccccc3)c2F)cc1. The van der Waals surface area contributed by atoms with Crippen LogP contribution < -0.4 is 9.80 Å². The van der Waals surface area contributed by atoms with Crippen molar-refractivity contribution in [2.24, 2.45) is 0 Å². The molecule has 1 heterocycles. The Morgan fingerprint density at radius 1 is 0.307 bits per heavy atom. The minimum atomic E-state index is -0.332. The van der Waals surface area contributed by atoms with Gasteiger partial charge in [0.15, 0.2) is 11.6 Å². The standard InChI is InChI=1S/C70H48F2N2O/c1-45-27-31-53(32-28-45)73(64-41-51(47-17-7-3-8-18-47)39-61(68(64)71)49-21-11-5-12-22-49)55-35-37-59-63(43-55)57-25-15-16-26-58(57)67-60-38-36-56(44-66(60)75-70(59)67)74(54-33-29-46(2)30-34-54)65-42-52(48-19-9-4-10-20-48)40-62(69(65)72)50-23-13-6-14-24-50/h3-44H,1-2H3. The number of benzene rings is 12. The monoisotopic (exact) mass is 970 g/mol. The fourth-order valence-electron chi connectivity index (χ4n) is 10.7. The van der Waals surface area contributed by atoms with Crippen molar-refractivity contribution in [3.8, 4) is 44.5 Å². The van der Waals surface area contributed by atoms with Crippen molar-refractivity contribution in [3.63, 3.8) is 0 Å².